The SMILES string of the molecule is CCNc1cc2ncnc(NCc3ccccc3OC(C)CO)c2cc1[N+](=O)[O-]. The molecule has 0 amide bonds. The predicted octanol–water partition coefficient (Wildman–Crippen LogP) is 3.34. The van der Waals surface area contributed by atoms with Crippen LogP contribution in [0.2, 0.25) is 0 Å². The van der Waals surface area contributed by atoms with Crippen molar-refractivity contribution < 1.29 is 14.8 Å². The van der Waals surface area contributed by atoms with Crippen LogP contribution in [0.5, 0.6) is 5.75 Å². The number of aliphatic hydroxyl groups excluding tert-OH is 1. The van der Waals surface area contributed by atoms with Crippen molar-refractivity contribution in [2.75, 3.05) is 23.8 Å². The Hall–Kier alpha value is -3.46. The molecule has 152 valence electrons. The Morgan fingerprint density at radius 3 is 2.76 bits per heavy atom. The molecular weight excluding hydrogens is 374 g/mol. The minimum absolute atomic E-state index is 0.0299. The van der Waals surface area contributed by atoms with Gasteiger partial charge in [0.1, 0.15) is 29.7 Å². The van der Waals surface area contributed by atoms with Gasteiger partial charge in [-0.25, -0.2) is 9.97 Å². The maximum atomic E-state index is 11.5. The fraction of sp³-hybridized carbons (Fsp3) is 0.300. The van der Waals surface area contributed by atoms with Crippen LogP contribution in [0.1, 0.15) is 19.4 Å². The molecule has 29 heavy (non-hydrogen) atoms. The van der Waals surface area contributed by atoms with E-state index in [1.165, 1.54) is 12.4 Å². The van der Waals surface area contributed by atoms with E-state index in [-0.39, 0.29) is 18.4 Å². The lowest BCUT2D eigenvalue weighted by atomic mass is 10.1. The molecule has 0 aliphatic carbocycles. The fourth-order valence-electron chi connectivity index (χ4n) is 2.91. The van der Waals surface area contributed by atoms with E-state index in [1.807, 2.05) is 31.2 Å². The molecular formula is C20H23N5O4. The maximum Gasteiger partial charge on any atom is 0.293 e. The van der Waals surface area contributed by atoms with E-state index in [0.717, 1.165) is 5.56 Å². The summed E-state index contributed by atoms with van der Waals surface area (Å²) in [5.41, 5.74) is 1.87. The van der Waals surface area contributed by atoms with E-state index < -0.39 is 4.92 Å². The number of hydrogen-bond donors (Lipinski definition) is 3. The van der Waals surface area contributed by atoms with Gasteiger partial charge in [0.25, 0.3) is 5.69 Å². The van der Waals surface area contributed by atoms with E-state index >= 15 is 0 Å². The second-order valence-corrected chi connectivity index (χ2v) is 6.47. The fourth-order valence-corrected chi connectivity index (χ4v) is 2.91. The molecule has 1 atom stereocenters. The number of benzene rings is 2. The molecule has 2 aromatic carbocycles. The summed E-state index contributed by atoms with van der Waals surface area (Å²) in [5, 5.41) is 27.5. The van der Waals surface area contributed by atoms with Crippen molar-refractivity contribution in [2.45, 2.75) is 26.5 Å². The number of para-hydroxylation sites is 1. The number of rotatable bonds is 9. The molecule has 0 saturated heterocycles. The molecule has 9 heteroatoms. The number of aromatic nitrogens is 2. The van der Waals surface area contributed by atoms with Crippen LogP contribution in [0, 0.1) is 10.1 Å². The molecule has 0 aliphatic rings. The normalized spacial score (nSPS) is 11.8. The maximum absolute atomic E-state index is 11.5. The molecule has 0 aliphatic heterocycles. The van der Waals surface area contributed by atoms with Crippen molar-refractivity contribution in [1.82, 2.24) is 9.97 Å². The molecule has 3 N–H and O–H groups in total. The Morgan fingerprint density at radius 2 is 2.03 bits per heavy atom. The Balaban J connectivity index is 1.91. The number of hydrogen-bond acceptors (Lipinski definition) is 8. The lowest BCUT2D eigenvalue weighted by Gasteiger charge is -2.16. The highest BCUT2D eigenvalue weighted by Crippen LogP contribution is 2.32. The zero-order chi connectivity index (χ0) is 20.8. The molecule has 0 radical (unpaired) electrons. The van der Waals surface area contributed by atoms with Crippen LogP contribution in [-0.4, -0.2) is 39.3 Å². The predicted molar refractivity (Wildman–Crippen MR) is 111 cm³/mol. The molecule has 0 fully saturated rings. The first-order valence-electron chi connectivity index (χ1n) is 9.29. The van der Waals surface area contributed by atoms with Gasteiger partial charge in [-0.1, -0.05) is 18.2 Å². The van der Waals surface area contributed by atoms with E-state index in [2.05, 4.69) is 20.6 Å². The van der Waals surface area contributed by atoms with Gasteiger partial charge in [-0.3, -0.25) is 10.1 Å². The van der Waals surface area contributed by atoms with Crippen LogP contribution in [0.25, 0.3) is 10.9 Å². The largest absolute Gasteiger partial charge is 0.488 e. The molecule has 3 aromatic rings. The number of anilines is 2. The molecule has 1 heterocycles. The first-order chi connectivity index (χ1) is 14.0. The summed E-state index contributed by atoms with van der Waals surface area (Å²) >= 11 is 0. The van der Waals surface area contributed by atoms with E-state index in [0.29, 0.717) is 41.2 Å². The number of nitro benzene ring substituents is 1. The smallest absolute Gasteiger partial charge is 0.293 e. The zero-order valence-corrected chi connectivity index (χ0v) is 16.3. The van der Waals surface area contributed by atoms with Gasteiger partial charge in [-0.2, -0.15) is 0 Å². The lowest BCUT2D eigenvalue weighted by molar-refractivity contribution is -0.383. The third-order valence-corrected chi connectivity index (χ3v) is 4.32. The third-order valence-electron chi connectivity index (χ3n) is 4.32. The van der Waals surface area contributed by atoms with Gasteiger partial charge >= 0.3 is 0 Å². The second-order valence-electron chi connectivity index (χ2n) is 6.47. The number of nitro groups is 1. The van der Waals surface area contributed by atoms with Crippen LogP contribution >= 0.6 is 0 Å². The summed E-state index contributed by atoms with van der Waals surface area (Å²) in [6.45, 7) is 4.52. The number of nitrogens with zero attached hydrogens (tertiary/aromatic N) is 3. The topological polar surface area (TPSA) is 122 Å². The highest BCUT2D eigenvalue weighted by molar-refractivity contribution is 5.94. The molecule has 0 saturated carbocycles. The van der Waals surface area contributed by atoms with Crippen molar-refractivity contribution >= 4 is 28.1 Å². The first kappa shape index (κ1) is 20.3. The number of nitrogens with one attached hydrogen (secondary N) is 2. The van der Waals surface area contributed by atoms with Gasteiger partial charge < -0.3 is 20.5 Å². The van der Waals surface area contributed by atoms with Gasteiger partial charge in [0.15, 0.2) is 0 Å². The van der Waals surface area contributed by atoms with Crippen LogP contribution < -0.4 is 15.4 Å². The van der Waals surface area contributed by atoms with Crippen LogP contribution in [0.4, 0.5) is 17.2 Å². The number of ether oxygens (including phenoxy) is 1. The Kier molecular flexibility index (Phi) is 6.40. The molecule has 0 spiro atoms. The van der Waals surface area contributed by atoms with E-state index in [9.17, 15) is 15.2 Å². The first-order valence-corrected chi connectivity index (χ1v) is 9.29. The minimum atomic E-state index is -0.423. The van der Waals surface area contributed by atoms with Crippen molar-refractivity contribution in [3.8, 4) is 5.75 Å². The third kappa shape index (κ3) is 4.69. The lowest BCUT2D eigenvalue weighted by Crippen LogP contribution is -2.17. The summed E-state index contributed by atoms with van der Waals surface area (Å²) in [7, 11) is 0. The summed E-state index contributed by atoms with van der Waals surface area (Å²) in [4.78, 5) is 19.6. The molecule has 1 aromatic heterocycles. The summed E-state index contributed by atoms with van der Waals surface area (Å²) < 4.78 is 5.74. The van der Waals surface area contributed by atoms with Gasteiger partial charge in [0, 0.05) is 30.1 Å². The summed E-state index contributed by atoms with van der Waals surface area (Å²) in [6.07, 6.45) is 1.09. The Labute approximate surface area is 167 Å². The van der Waals surface area contributed by atoms with Gasteiger partial charge in [-0.05, 0) is 26.0 Å². The van der Waals surface area contributed by atoms with Crippen molar-refractivity contribution in [3.63, 3.8) is 0 Å². The van der Waals surface area contributed by atoms with Gasteiger partial charge in [0.2, 0.25) is 0 Å². The average Bonchev–Trinajstić information content (AvgIpc) is 2.72. The highest BCUT2D eigenvalue weighted by Gasteiger charge is 2.17. The molecule has 1 unspecified atom stereocenters. The van der Waals surface area contributed by atoms with E-state index in [1.54, 1.807) is 13.0 Å². The highest BCUT2D eigenvalue weighted by atomic mass is 16.6. The number of fused-ring (bicyclic) bond motifs is 1. The number of aliphatic hydroxyl groups is 1. The molecule has 3 rings (SSSR count). The van der Waals surface area contributed by atoms with Crippen LogP contribution in [0.3, 0.4) is 0 Å². The van der Waals surface area contributed by atoms with Crippen LogP contribution in [0.15, 0.2) is 42.7 Å². The van der Waals surface area contributed by atoms with Crippen molar-refractivity contribution in [1.29, 1.82) is 0 Å². The average molecular weight is 397 g/mol. The monoisotopic (exact) mass is 397 g/mol. The zero-order valence-electron chi connectivity index (χ0n) is 16.3. The molecule has 9 nitrogen and oxygen atoms in total. The summed E-state index contributed by atoms with van der Waals surface area (Å²) in [6, 6.07) is 10.6. The minimum Gasteiger partial charge on any atom is -0.488 e. The standard InChI is InChI=1S/C20H23N5O4/c1-3-21-17-9-16-15(8-18(17)25(27)28)20(24-12-23-16)22-10-14-6-4-5-7-19(14)29-13(2)11-26/h4-9,12-13,21,26H,3,10-11H2,1-2H3,(H,22,23,24). The van der Waals surface area contributed by atoms with Crippen molar-refractivity contribution in [2.24, 2.45) is 0 Å². The van der Waals surface area contributed by atoms with Crippen LogP contribution in [-0.2, 0) is 6.54 Å². The molecule has 0 bridgehead atoms. The second kappa shape index (κ2) is 9.16. The van der Waals surface area contributed by atoms with Crippen molar-refractivity contribution in [3.05, 3.63) is 58.4 Å². The van der Waals surface area contributed by atoms with Gasteiger partial charge in [0.05, 0.1) is 17.0 Å². The van der Waals surface area contributed by atoms with Gasteiger partial charge in [-0.15, -0.1) is 0 Å². The Morgan fingerprint density at radius 1 is 1.24 bits per heavy atom. The Bertz CT molecular complexity index is 1010. The summed E-state index contributed by atoms with van der Waals surface area (Å²) in [5.74, 6) is 1.14. The van der Waals surface area contributed by atoms with E-state index in [4.69, 9.17) is 4.74 Å². The quantitative estimate of drug-likeness (QED) is 0.371.